The highest BCUT2D eigenvalue weighted by atomic mass is 35.5. The second kappa shape index (κ2) is 9.66. The molecule has 2 atom stereocenters. The predicted molar refractivity (Wildman–Crippen MR) is 114 cm³/mol. The van der Waals surface area contributed by atoms with Crippen molar-refractivity contribution in [1.82, 2.24) is 9.21 Å². The molecule has 0 spiro atoms. The summed E-state index contributed by atoms with van der Waals surface area (Å²) in [6, 6.07) is 6.35. The Bertz CT molecular complexity index is 856. The van der Waals surface area contributed by atoms with Gasteiger partial charge in [-0.25, -0.2) is 8.42 Å². The van der Waals surface area contributed by atoms with Crippen LogP contribution in [-0.4, -0.2) is 61.3 Å². The molecule has 0 aromatic heterocycles. The first-order chi connectivity index (χ1) is 14.2. The third-order valence-corrected chi connectivity index (χ3v) is 8.22. The Morgan fingerprint density at radius 2 is 1.60 bits per heavy atom. The maximum absolute atomic E-state index is 12.7. The van der Waals surface area contributed by atoms with Crippen LogP contribution in [0.25, 0.3) is 0 Å². The zero-order valence-corrected chi connectivity index (χ0v) is 19.0. The molecule has 1 aromatic rings. The number of likely N-dealkylation sites (tertiary alicyclic amines) is 1. The summed E-state index contributed by atoms with van der Waals surface area (Å²) in [6.07, 6.45) is 3.77. The first kappa shape index (κ1) is 23.0. The third kappa shape index (κ3) is 5.15. The lowest BCUT2D eigenvalue weighted by Crippen LogP contribution is -2.49. The quantitative estimate of drug-likeness (QED) is 0.636. The molecule has 0 bridgehead atoms. The molecule has 7 nitrogen and oxygen atoms in total. The minimum Gasteiger partial charge on any atom is -0.455 e. The normalized spacial score (nSPS) is 23.9. The highest BCUT2D eigenvalue weighted by Gasteiger charge is 2.34. The summed E-state index contributed by atoms with van der Waals surface area (Å²) in [6.45, 7) is 4.26. The van der Waals surface area contributed by atoms with Crippen molar-refractivity contribution in [3.63, 3.8) is 0 Å². The second-order valence-electron chi connectivity index (χ2n) is 8.17. The Morgan fingerprint density at radius 1 is 1.03 bits per heavy atom. The molecule has 1 amide bonds. The fourth-order valence-corrected chi connectivity index (χ4v) is 5.92. The molecule has 2 unspecified atom stereocenters. The van der Waals surface area contributed by atoms with Crippen molar-refractivity contribution >= 4 is 33.5 Å². The van der Waals surface area contributed by atoms with Crippen molar-refractivity contribution < 1.29 is 22.7 Å². The SMILES string of the molecule is CC1CCCC(C)N1C(=O)COC(=O)C1CCN(S(=O)(=O)c2ccc(Cl)cc2)CC1. The van der Waals surface area contributed by atoms with E-state index < -0.39 is 21.9 Å². The fourth-order valence-electron chi connectivity index (χ4n) is 4.33. The van der Waals surface area contributed by atoms with Gasteiger partial charge >= 0.3 is 5.97 Å². The van der Waals surface area contributed by atoms with Crippen LogP contribution < -0.4 is 0 Å². The highest BCUT2D eigenvalue weighted by Crippen LogP contribution is 2.26. The van der Waals surface area contributed by atoms with Crippen molar-refractivity contribution in [2.45, 2.75) is 62.9 Å². The van der Waals surface area contributed by atoms with Crippen LogP contribution in [0, 0.1) is 5.92 Å². The monoisotopic (exact) mass is 456 g/mol. The second-order valence-corrected chi connectivity index (χ2v) is 10.5. The molecule has 2 aliphatic rings. The minimum atomic E-state index is -3.62. The van der Waals surface area contributed by atoms with Crippen LogP contribution in [0.1, 0.15) is 46.0 Å². The van der Waals surface area contributed by atoms with Crippen LogP contribution in [0.2, 0.25) is 5.02 Å². The van der Waals surface area contributed by atoms with Crippen molar-refractivity contribution in [2.24, 2.45) is 5.92 Å². The first-order valence-corrected chi connectivity index (χ1v) is 12.3. The van der Waals surface area contributed by atoms with Crippen LogP contribution in [0.15, 0.2) is 29.2 Å². The number of esters is 1. The third-order valence-electron chi connectivity index (χ3n) is 6.06. The van der Waals surface area contributed by atoms with Gasteiger partial charge in [0, 0.05) is 30.2 Å². The van der Waals surface area contributed by atoms with Crippen molar-refractivity contribution in [3.8, 4) is 0 Å². The molecule has 0 saturated carbocycles. The zero-order valence-electron chi connectivity index (χ0n) is 17.4. The molecule has 9 heteroatoms. The summed E-state index contributed by atoms with van der Waals surface area (Å²) >= 11 is 5.83. The van der Waals surface area contributed by atoms with Crippen molar-refractivity contribution in [1.29, 1.82) is 0 Å². The number of carbonyl (C=O) groups excluding carboxylic acids is 2. The summed E-state index contributed by atoms with van der Waals surface area (Å²) in [4.78, 5) is 27.0. The molecule has 3 rings (SSSR count). The molecule has 2 aliphatic heterocycles. The van der Waals surface area contributed by atoms with Gasteiger partial charge in [0.2, 0.25) is 10.0 Å². The molecule has 166 valence electrons. The van der Waals surface area contributed by atoms with Crippen LogP contribution in [-0.2, 0) is 24.3 Å². The molecular formula is C21H29ClN2O5S. The number of benzene rings is 1. The summed E-state index contributed by atoms with van der Waals surface area (Å²) < 4.78 is 32.2. The lowest BCUT2D eigenvalue weighted by Gasteiger charge is -2.39. The van der Waals surface area contributed by atoms with Crippen molar-refractivity contribution in [2.75, 3.05) is 19.7 Å². The number of sulfonamides is 1. The number of nitrogens with zero attached hydrogens (tertiary/aromatic N) is 2. The Morgan fingerprint density at radius 3 is 2.17 bits per heavy atom. The largest absolute Gasteiger partial charge is 0.455 e. The van der Waals surface area contributed by atoms with Crippen LogP contribution in [0.4, 0.5) is 0 Å². The average molecular weight is 457 g/mol. The molecule has 1 aromatic carbocycles. The molecule has 0 N–H and O–H groups in total. The van der Waals surface area contributed by atoms with Crippen LogP contribution in [0.3, 0.4) is 0 Å². The molecule has 0 aliphatic carbocycles. The summed E-state index contributed by atoms with van der Waals surface area (Å²) in [7, 11) is -3.62. The summed E-state index contributed by atoms with van der Waals surface area (Å²) in [5, 5.41) is 0.471. The van der Waals surface area contributed by atoms with Gasteiger partial charge in [0.1, 0.15) is 0 Å². The van der Waals surface area contributed by atoms with Gasteiger partial charge in [-0.3, -0.25) is 9.59 Å². The Kier molecular flexibility index (Phi) is 7.42. The van der Waals surface area contributed by atoms with Crippen LogP contribution >= 0.6 is 11.6 Å². The highest BCUT2D eigenvalue weighted by molar-refractivity contribution is 7.89. The molecule has 2 fully saturated rings. The first-order valence-electron chi connectivity index (χ1n) is 10.4. The lowest BCUT2D eigenvalue weighted by molar-refractivity contribution is -0.158. The number of hydrogen-bond donors (Lipinski definition) is 0. The maximum Gasteiger partial charge on any atom is 0.309 e. The van der Waals surface area contributed by atoms with Gasteiger partial charge in [0.25, 0.3) is 5.91 Å². The maximum atomic E-state index is 12.7. The Hall–Kier alpha value is -1.64. The van der Waals surface area contributed by atoms with Gasteiger partial charge in [-0.2, -0.15) is 4.31 Å². The number of rotatable bonds is 5. The number of halogens is 1. The van der Waals surface area contributed by atoms with E-state index in [1.54, 1.807) is 12.1 Å². The van der Waals surface area contributed by atoms with E-state index >= 15 is 0 Å². The van der Waals surface area contributed by atoms with Gasteiger partial charge in [-0.1, -0.05) is 11.6 Å². The van der Waals surface area contributed by atoms with E-state index in [-0.39, 0.29) is 42.6 Å². The molecular weight excluding hydrogens is 428 g/mol. The summed E-state index contributed by atoms with van der Waals surface area (Å²) in [5.74, 6) is -0.985. The van der Waals surface area contributed by atoms with E-state index in [1.807, 2.05) is 18.7 Å². The number of amides is 1. The van der Waals surface area contributed by atoms with Gasteiger partial charge in [0.05, 0.1) is 10.8 Å². The number of carbonyl (C=O) groups is 2. The Balaban J connectivity index is 1.50. The topological polar surface area (TPSA) is 84.0 Å². The zero-order chi connectivity index (χ0) is 21.9. The van der Waals surface area contributed by atoms with Crippen molar-refractivity contribution in [3.05, 3.63) is 29.3 Å². The molecule has 2 heterocycles. The smallest absolute Gasteiger partial charge is 0.309 e. The Labute approximate surface area is 183 Å². The molecule has 2 saturated heterocycles. The van der Waals surface area contributed by atoms with E-state index in [2.05, 4.69) is 0 Å². The molecule has 0 radical (unpaired) electrons. The number of piperidine rings is 2. The van der Waals surface area contributed by atoms with Gasteiger partial charge in [-0.05, 0) is 70.2 Å². The van der Waals surface area contributed by atoms with E-state index in [9.17, 15) is 18.0 Å². The van der Waals surface area contributed by atoms with E-state index in [0.29, 0.717) is 17.9 Å². The standard InChI is InChI=1S/C21H29ClN2O5S/c1-15-4-3-5-16(2)24(15)20(25)14-29-21(26)17-10-12-23(13-11-17)30(27,28)19-8-6-18(22)7-9-19/h6-9,15-17H,3-5,10-14H2,1-2H3. The predicted octanol–water partition coefficient (Wildman–Crippen LogP) is 3.07. The molecule has 30 heavy (non-hydrogen) atoms. The van der Waals surface area contributed by atoms with E-state index in [0.717, 1.165) is 19.3 Å². The van der Waals surface area contributed by atoms with Gasteiger partial charge in [0.15, 0.2) is 6.61 Å². The fraction of sp³-hybridized carbons (Fsp3) is 0.619. The van der Waals surface area contributed by atoms with E-state index in [1.165, 1.54) is 16.4 Å². The van der Waals surface area contributed by atoms with Gasteiger partial charge in [-0.15, -0.1) is 0 Å². The van der Waals surface area contributed by atoms with Gasteiger partial charge < -0.3 is 9.64 Å². The minimum absolute atomic E-state index is 0.154. The lowest BCUT2D eigenvalue weighted by atomic mass is 9.97. The van der Waals surface area contributed by atoms with E-state index in [4.69, 9.17) is 16.3 Å². The number of hydrogen-bond acceptors (Lipinski definition) is 5. The number of ether oxygens (including phenoxy) is 1. The average Bonchev–Trinajstić information content (AvgIpc) is 2.72. The summed E-state index contributed by atoms with van der Waals surface area (Å²) in [5.41, 5.74) is 0. The van der Waals surface area contributed by atoms with Crippen LogP contribution in [0.5, 0.6) is 0 Å².